The molecule has 7 heteroatoms. The normalized spacial score (nSPS) is 12.3. The second-order valence-corrected chi connectivity index (χ2v) is 7.92. The lowest BCUT2D eigenvalue weighted by molar-refractivity contribution is 0.0939. The van der Waals surface area contributed by atoms with Crippen LogP contribution in [0.4, 0.5) is 5.69 Å². The number of rotatable bonds is 7. The molecule has 0 saturated carbocycles. The first-order valence-corrected chi connectivity index (χ1v) is 9.78. The lowest BCUT2D eigenvalue weighted by atomic mass is 10.2. The molecule has 0 fully saturated rings. The molecule has 0 aliphatic rings. The van der Waals surface area contributed by atoms with Crippen molar-refractivity contribution in [2.45, 2.75) is 31.2 Å². The zero-order valence-corrected chi connectivity index (χ0v) is 16.2. The molecule has 1 N–H and O–H groups in total. The van der Waals surface area contributed by atoms with Crippen LogP contribution >= 0.6 is 0 Å². The van der Waals surface area contributed by atoms with Crippen LogP contribution in [0.5, 0.6) is 5.75 Å². The second-order valence-electron chi connectivity index (χ2n) is 5.95. The van der Waals surface area contributed by atoms with Crippen molar-refractivity contribution in [2.24, 2.45) is 0 Å². The average Bonchev–Trinajstić information content (AvgIpc) is 2.67. The molecule has 0 aromatic heterocycles. The maximum atomic E-state index is 12.9. The topological polar surface area (TPSA) is 75.7 Å². The van der Waals surface area contributed by atoms with E-state index < -0.39 is 10.0 Å². The van der Waals surface area contributed by atoms with Crippen molar-refractivity contribution in [3.63, 3.8) is 0 Å². The Morgan fingerprint density at radius 3 is 2.35 bits per heavy atom. The fraction of sp³-hybridized carbons (Fsp3) is 0.316. The van der Waals surface area contributed by atoms with Crippen LogP contribution in [0.2, 0.25) is 0 Å². The third kappa shape index (κ3) is 4.16. The molecule has 0 spiro atoms. The first-order chi connectivity index (χ1) is 12.3. The van der Waals surface area contributed by atoms with Gasteiger partial charge in [0.2, 0.25) is 0 Å². The fourth-order valence-corrected chi connectivity index (χ4v) is 3.57. The number of methoxy groups -OCH3 is 1. The molecule has 1 amide bonds. The first-order valence-electron chi connectivity index (χ1n) is 8.34. The van der Waals surface area contributed by atoms with Gasteiger partial charge in [0.15, 0.2) is 0 Å². The van der Waals surface area contributed by atoms with E-state index in [1.807, 2.05) is 13.8 Å². The van der Waals surface area contributed by atoms with Gasteiger partial charge in [-0.05, 0) is 49.7 Å². The van der Waals surface area contributed by atoms with Gasteiger partial charge in [-0.1, -0.05) is 19.1 Å². The van der Waals surface area contributed by atoms with Crippen LogP contribution in [-0.2, 0) is 10.0 Å². The van der Waals surface area contributed by atoms with Crippen LogP contribution in [0.15, 0.2) is 53.4 Å². The number of anilines is 1. The minimum atomic E-state index is -3.77. The van der Waals surface area contributed by atoms with E-state index in [0.29, 0.717) is 17.0 Å². The molecule has 2 rings (SSSR count). The monoisotopic (exact) mass is 376 g/mol. The van der Waals surface area contributed by atoms with Gasteiger partial charge in [-0.3, -0.25) is 9.10 Å². The van der Waals surface area contributed by atoms with Gasteiger partial charge in [-0.2, -0.15) is 0 Å². The maximum absolute atomic E-state index is 12.9. The van der Waals surface area contributed by atoms with Crippen LogP contribution in [0, 0.1) is 0 Å². The summed E-state index contributed by atoms with van der Waals surface area (Å²) in [5, 5.41) is 2.85. The smallest absolute Gasteiger partial charge is 0.264 e. The molecule has 140 valence electrons. The lowest BCUT2D eigenvalue weighted by Crippen LogP contribution is -2.32. The number of carbonyl (C=O) groups is 1. The molecule has 0 aliphatic carbocycles. The van der Waals surface area contributed by atoms with E-state index in [1.54, 1.807) is 24.3 Å². The van der Waals surface area contributed by atoms with Gasteiger partial charge in [-0.15, -0.1) is 0 Å². The van der Waals surface area contributed by atoms with Crippen molar-refractivity contribution in [3.05, 3.63) is 54.1 Å². The van der Waals surface area contributed by atoms with Gasteiger partial charge in [0.25, 0.3) is 15.9 Å². The molecule has 6 nitrogen and oxygen atoms in total. The molecule has 1 atom stereocenters. The molecule has 0 radical (unpaired) electrons. The highest BCUT2D eigenvalue weighted by molar-refractivity contribution is 7.92. The Balaban J connectivity index is 2.28. The van der Waals surface area contributed by atoms with Crippen molar-refractivity contribution >= 4 is 21.6 Å². The van der Waals surface area contributed by atoms with E-state index in [0.717, 1.165) is 6.42 Å². The Morgan fingerprint density at radius 1 is 1.15 bits per heavy atom. The fourth-order valence-electron chi connectivity index (χ4n) is 2.36. The van der Waals surface area contributed by atoms with E-state index in [2.05, 4.69) is 5.32 Å². The number of nitrogens with one attached hydrogen (secondary N) is 1. The summed E-state index contributed by atoms with van der Waals surface area (Å²) >= 11 is 0. The summed E-state index contributed by atoms with van der Waals surface area (Å²) in [5.41, 5.74) is 0.859. The van der Waals surface area contributed by atoms with E-state index >= 15 is 0 Å². The second kappa shape index (κ2) is 8.23. The number of hydrogen-bond donors (Lipinski definition) is 1. The van der Waals surface area contributed by atoms with Gasteiger partial charge in [0.1, 0.15) is 5.75 Å². The number of hydrogen-bond acceptors (Lipinski definition) is 4. The largest absolute Gasteiger partial charge is 0.495 e. The molecule has 0 bridgehead atoms. The minimum absolute atomic E-state index is 0.0580. The average molecular weight is 376 g/mol. The zero-order chi connectivity index (χ0) is 19.3. The van der Waals surface area contributed by atoms with E-state index in [4.69, 9.17) is 4.74 Å². The Morgan fingerprint density at radius 2 is 1.77 bits per heavy atom. The molecule has 0 saturated heterocycles. The van der Waals surface area contributed by atoms with Crippen molar-refractivity contribution in [3.8, 4) is 5.75 Å². The number of para-hydroxylation sites is 2. The van der Waals surface area contributed by atoms with Crippen LogP contribution in [0.1, 0.15) is 30.6 Å². The van der Waals surface area contributed by atoms with Crippen LogP contribution in [0.3, 0.4) is 0 Å². The predicted octanol–water partition coefficient (Wildman–Crippen LogP) is 3.05. The van der Waals surface area contributed by atoms with Gasteiger partial charge < -0.3 is 10.1 Å². The Labute approximate surface area is 154 Å². The van der Waals surface area contributed by atoms with Crippen molar-refractivity contribution < 1.29 is 17.9 Å². The summed E-state index contributed by atoms with van der Waals surface area (Å²) in [6.07, 6.45) is 0.821. The first kappa shape index (κ1) is 19.8. The molecule has 2 aromatic rings. The van der Waals surface area contributed by atoms with Gasteiger partial charge >= 0.3 is 0 Å². The number of amides is 1. The molecule has 26 heavy (non-hydrogen) atoms. The SMILES string of the molecule is CCC(C)NC(=O)c1ccc(S(=O)(=O)N(C)c2ccccc2OC)cc1. The summed E-state index contributed by atoms with van der Waals surface area (Å²) in [5.74, 6) is 0.240. The molecule has 1 unspecified atom stereocenters. The third-order valence-electron chi connectivity index (χ3n) is 4.19. The highest BCUT2D eigenvalue weighted by atomic mass is 32.2. The third-order valence-corrected chi connectivity index (χ3v) is 5.97. The summed E-state index contributed by atoms with van der Waals surface area (Å²) < 4.78 is 32.2. The van der Waals surface area contributed by atoms with Crippen molar-refractivity contribution in [1.29, 1.82) is 0 Å². The highest BCUT2D eigenvalue weighted by Crippen LogP contribution is 2.30. The molecular weight excluding hydrogens is 352 g/mol. The summed E-state index contributed by atoms with van der Waals surface area (Å²) in [4.78, 5) is 12.2. The van der Waals surface area contributed by atoms with Crippen LogP contribution < -0.4 is 14.4 Å². The quantitative estimate of drug-likeness (QED) is 0.806. The number of nitrogens with zero attached hydrogens (tertiary/aromatic N) is 1. The summed E-state index contributed by atoms with van der Waals surface area (Å²) in [7, 11) is -0.814. The highest BCUT2D eigenvalue weighted by Gasteiger charge is 2.24. The number of benzene rings is 2. The maximum Gasteiger partial charge on any atom is 0.264 e. The van der Waals surface area contributed by atoms with E-state index in [9.17, 15) is 13.2 Å². The lowest BCUT2D eigenvalue weighted by Gasteiger charge is -2.21. The standard InChI is InChI=1S/C19H24N2O4S/c1-5-14(2)20-19(22)15-10-12-16(13-11-15)26(23,24)21(3)17-8-6-7-9-18(17)25-4/h6-14H,5H2,1-4H3,(H,20,22). The molecule has 0 aliphatic heterocycles. The number of ether oxygens (including phenoxy) is 1. The van der Waals surface area contributed by atoms with Crippen molar-refractivity contribution in [1.82, 2.24) is 5.32 Å². The predicted molar refractivity (Wildman–Crippen MR) is 102 cm³/mol. The Bertz CT molecular complexity index is 863. The van der Waals surface area contributed by atoms with Crippen LogP contribution in [-0.4, -0.2) is 34.5 Å². The van der Waals surface area contributed by atoms with Crippen LogP contribution in [0.25, 0.3) is 0 Å². The van der Waals surface area contributed by atoms with E-state index in [-0.39, 0.29) is 16.8 Å². The Hall–Kier alpha value is -2.54. The minimum Gasteiger partial charge on any atom is -0.495 e. The number of sulfonamides is 1. The van der Waals surface area contributed by atoms with Gasteiger partial charge in [0, 0.05) is 18.7 Å². The number of carbonyl (C=O) groups excluding carboxylic acids is 1. The summed E-state index contributed by atoms with van der Waals surface area (Å²) in [6, 6.07) is 12.8. The van der Waals surface area contributed by atoms with Crippen molar-refractivity contribution in [2.75, 3.05) is 18.5 Å². The summed E-state index contributed by atoms with van der Waals surface area (Å²) in [6.45, 7) is 3.90. The molecule has 0 heterocycles. The van der Waals surface area contributed by atoms with E-state index in [1.165, 1.54) is 42.7 Å². The molecular formula is C19H24N2O4S. The van der Waals surface area contributed by atoms with Gasteiger partial charge in [-0.25, -0.2) is 8.42 Å². The molecule has 2 aromatic carbocycles. The Kier molecular flexibility index (Phi) is 6.26. The van der Waals surface area contributed by atoms with Gasteiger partial charge in [0.05, 0.1) is 17.7 Å². The zero-order valence-electron chi connectivity index (χ0n) is 15.4.